The standard InChI is InChI=1S/C14H19N3O3/c1-3-12(18)17-7-5-6-10(9-17)11-8-15-16-13(11)14(19)20-4-2/h3,8,10H,1,4-7,9H2,2H3,(H,15,16). The second kappa shape index (κ2) is 6.36. The van der Waals surface area contributed by atoms with Gasteiger partial charge >= 0.3 is 5.97 Å². The quantitative estimate of drug-likeness (QED) is 0.668. The average Bonchev–Trinajstić information content (AvgIpc) is 2.96. The Morgan fingerprint density at radius 1 is 1.65 bits per heavy atom. The van der Waals surface area contributed by atoms with Crippen LogP contribution >= 0.6 is 0 Å². The van der Waals surface area contributed by atoms with E-state index in [1.807, 2.05) is 0 Å². The van der Waals surface area contributed by atoms with Crippen molar-refractivity contribution in [1.29, 1.82) is 0 Å². The SMILES string of the molecule is C=CC(=O)N1CCCC(c2cn[nH]c2C(=O)OCC)C1. The molecule has 0 radical (unpaired) electrons. The Kier molecular flexibility index (Phi) is 4.55. The average molecular weight is 277 g/mol. The highest BCUT2D eigenvalue weighted by molar-refractivity contribution is 5.89. The van der Waals surface area contributed by atoms with Gasteiger partial charge in [0.25, 0.3) is 0 Å². The third kappa shape index (κ3) is 2.89. The number of carbonyl (C=O) groups excluding carboxylic acids is 2. The Morgan fingerprint density at radius 3 is 3.15 bits per heavy atom. The van der Waals surface area contributed by atoms with E-state index >= 15 is 0 Å². The minimum absolute atomic E-state index is 0.0733. The summed E-state index contributed by atoms with van der Waals surface area (Å²) < 4.78 is 5.01. The fourth-order valence-electron chi connectivity index (χ4n) is 2.53. The van der Waals surface area contributed by atoms with Gasteiger partial charge in [-0.2, -0.15) is 5.10 Å². The Bertz CT molecular complexity index is 510. The molecule has 1 aromatic rings. The highest BCUT2D eigenvalue weighted by Crippen LogP contribution is 2.28. The van der Waals surface area contributed by atoms with E-state index in [1.54, 1.807) is 18.0 Å². The van der Waals surface area contributed by atoms with Crippen LogP contribution in [0.2, 0.25) is 0 Å². The first-order valence-corrected chi connectivity index (χ1v) is 6.79. The van der Waals surface area contributed by atoms with E-state index in [0.717, 1.165) is 24.9 Å². The molecular weight excluding hydrogens is 258 g/mol. The molecule has 1 fully saturated rings. The van der Waals surface area contributed by atoms with E-state index in [0.29, 0.717) is 18.8 Å². The van der Waals surface area contributed by atoms with Crippen molar-refractivity contribution in [1.82, 2.24) is 15.1 Å². The smallest absolute Gasteiger partial charge is 0.356 e. The van der Waals surface area contributed by atoms with Crippen LogP contribution in [-0.4, -0.2) is 46.7 Å². The Morgan fingerprint density at radius 2 is 2.45 bits per heavy atom. The topological polar surface area (TPSA) is 75.3 Å². The summed E-state index contributed by atoms with van der Waals surface area (Å²) in [6.45, 7) is 6.91. The predicted octanol–water partition coefficient (Wildman–Crippen LogP) is 1.48. The maximum Gasteiger partial charge on any atom is 0.356 e. The maximum absolute atomic E-state index is 11.9. The van der Waals surface area contributed by atoms with E-state index in [2.05, 4.69) is 16.8 Å². The number of likely N-dealkylation sites (tertiary alicyclic amines) is 1. The molecule has 2 heterocycles. The Labute approximate surface area is 117 Å². The number of aromatic amines is 1. The first-order valence-electron chi connectivity index (χ1n) is 6.79. The molecule has 0 aliphatic carbocycles. The molecule has 108 valence electrons. The number of aromatic nitrogens is 2. The molecule has 6 nitrogen and oxygen atoms in total. The van der Waals surface area contributed by atoms with Crippen LogP contribution in [0.1, 0.15) is 41.7 Å². The molecule has 1 aliphatic rings. The number of rotatable bonds is 4. The molecule has 0 spiro atoms. The largest absolute Gasteiger partial charge is 0.461 e. The molecule has 2 rings (SSSR count). The lowest BCUT2D eigenvalue weighted by molar-refractivity contribution is -0.127. The number of H-pyrrole nitrogens is 1. The fraction of sp³-hybridized carbons (Fsp3) is 0.500. The Hall–Kier alpha value is -2.11. The summed E-state index contributed by atoms with van der Waals surface area (Å²) in [7, 11) is 0. The van der Waals surface area contributed by atoms with Crippen molar-refractivity contribution < 1.29 is 14.3 Å². The number of hydrogen-bond acceptors (Lipinski definition) is 4. The molecule has 1 N–H and O–H groups in total. The summed E-state index contributed by atoms with van der Waals surface area (Å²) in [6.07, 6.45) is 4.80. The number of carbonyl (C=O) groups is 2. The number of amides is 1. The summed E-state index contributed by atoms with van der Waals surface area (Å²) in [6, 6.07) is 0. The lowest BCUT2D eigenvalue weighted by Gasteiger charge is -2.32. The number of esters is 1. The van der Waals surface area contributed by atoms with Crippen LogP contribution < -0.4 is 0 Å². The van der Waals surface area contributed by atoms with E-state index in [4.69, 9.17) is 4.74 Å². The highest BCUT2D eigenvalue weighted by atomic mass is 16.5. The van der Waals surface area contributed by atoms with E-state index < -0.39 is 5.97 Å². The van der Waals surface area contributed by atoms with Crippen molar-refractivity contribution in [2.75, 3.05) is 19.7 Å². The molecular formula is C14H19N3O3. The van der Waals surface area contributed by atoms with Gasteiger partial charge in [0.2, 0.25) is 5.91 Å². The predicted molar refractivity (Wildman–Crippen MR) is 73.3 cm³/mol. The van der Waals surface area contributed by atoms with Gasteiger partial charge in [0.05, 0.1) is 12.8 Å². The second-order valence-corrected chi connectivity index (χ2v) is 4.75. The zero-order valence-corrected chi connectivity index (χ0v) is 11.6. The van der Waals surface area contributed by atoms with Crippen molar-refractivity contribution in [3.63, 3.8) is 0 Å². The first-order chi connectivity index (χ1) is 9.67. The van der Waals surface area contributed by atoms with Crippen LogP contribution in [0.4, 0.5) is 0 Å². The van der Waals surface area contributed by atoms with Crippen molar-refractivity contribution >= 4 is 11.9 Å². The number of nitrogens with zero attached hydrogens (tertiary/aromatic N) is 2. The minimum atomic E-state index is -0.396. The number of piperidine rings is 1. The number of nitrogens with one attached hydrogen (secondary N) is 1. The van der Waals surface area contributed by atoms with Gasteiger partial charge in [-0.25, -0.2) is 4.79 Å². The monoisotopic (exact) mass is 277 g/mol. The van der Waals surface area contributed by atoms with Crippen LogP contribution in [-0.2, 0) is 9.53 Å². The zero-order valence-electron chi connectivity index (χ0n) is 11.6. The number of hydrogen-bond donors (Lipinski definition) is 1. The molecule has 0 saturated carbocycles. The molecule has 6 heteroatoms. The summed E-state index contributed by atoms with van der Waals surface area (Å²) >= 11 is 0. The Balaban J connectivity index is 2.15. The van der Waals surface area contributed by atoms with Crippen molar-refractivity contribution in [3.05, 3.63) is 30.1 Å². The van der Waals surface area contributed by atoms with Gasteiger partial charge in [0, 0.05) is 24.6 Å². The van der Waals surface area contributed by atoms with Gasteiger partial charge in [-0.05, 0) is 25.8 Å². The normalized spacial score (nSPS) is 18.6. The highest BCUT2D eigenvalue weighted by Gasteiger charge is 2.28. The fourth-order valence-corrected chi connectivity index (χ4v) is 2.53. The van der Waals surface area contributed by atoms with Crippen LogP contribution in [0.15, 0.2) is 18.9 Å². The van der Waals surface area contributed by atoms with Gasteiger partial charge in [0.1, 0.15) is 5.69 Å². The summed E-state index contributed by atoms with van der Waals surface area (Å²) in [5.74, 6) is -0.367. The van der Waals surface area contributed by atoms with Gasteiger partial charge in [0.15, 0.2) is 0 Å². The molecule has 1 atom stereocenters. The molecule has 0 bridgehead atoms. The third-order valence-corrected chi connectivity index (χ3v) is 3.50. The minimum Gasteiger partial charge on any atom is -0.461 e. The molecule has 1 unspecified atom stereocenters. The molecule has 0 aromatic carbocycles. The second-order valence-electron chi connectivity index (χ2n) is 4.75. The first kappa shape index (κ1) is 14.3. The van der Waals surface area contributed by atoms with Gasteiger partial charge in [-0.15, -0.1) is 0 Å². The molecule has 1 aromatic heterocycles. The van der Waals surface area contributed by atoms with Gasteiger partial charge in [-0.3, -0.25) is 9.89 Å². The summed E-state index contributed by atoms with van der Waals surface area (Å²) in [4.78, 5) is 25.3. The third-order valence-electron chi connectivity index (χ3n) is 3.50. The summed E-state index contributed by atoms with van der Waals surface area (Å²) in [5.41, 5.74) is 1.22. The molecule has 1 aliphatic heterocycles. The molecule has 1 amide bonds. The lowest BCUT2D eigenvalue weighted by atomic mass is 9.91. The molecule has 1 saturated heterocycles. The number of ether oxygens (including phenoxy) is 1. The van der Waals surface area contributed by atoms with Crippen molar-refractivity contribution in [2.24, 2.45) is 0 Å². The van der Waals surface area contributed by atoms with Gasteiger partial charge in [-0.1, -0.05) is 6.58 Å². The maximum atomic E-state index is 11.9. The lowest BCUT2D eigenvalue weighted by Crippen LogP contribution is -2.38. The summed E-state index contributed by atoms with van der Waals surface area (Å²) in [5, 5.41) is 6.64. The van der Waals surface area contributed by atoms with Crippen molar-refractivity contribution in [2.45, 2.75) is 25.7 Å². The van der Waals surface area contributed by atoms with E-state index in [9.17, 15) is 9.59 Å². The van der Waals surface area contributed by atoms with Crippen LogP contribution in [0.5, 0.6) is 0 Å². The molecule has 20 heavy (non-hydrogen) atoms. The zero-order chi connectivity index (χ0) is 14.5. The van der Waals surface area contributed by atoms with E-state index in [1.165, 1.54) is 6.08 Å². The van der Waals surface area contributed by atoms with Crippen LogP contribution in [0.3, 0.4) is 0 Å². The van der Waals surface area contributed by atoms with Crippen LogP contribution in [0, 0.1) is 0 Å². The van der Waals surface area contributed by atoms with E-state index in [-0.39, 0.29) is 11.8 Å². The van der Waals surface area contributed by atoms with Crippen LogP contribution in [0.25, 0.3) is 0 Å². The van der Waals surface area contributed by atoms with Gasteiger partial charge < -0.3 is 9.64 Å². The van der Waals surface area contributed by atoms with Crippen molar-refractivity contribution in [3.8, 4) is 0 Å².